The molecule has 20 heavy (non-hydrogen) atoms. The minimum absolute atomic E-state index is 0.311. The smallest absolute Gasteiger partial charge is 0.227 e. The zero-order valence-electron chi connectivity index (χ0n) is 12.2. The van der Waals surface area contributed by atoms with Crippen molar-refractivity contribution in [2.75, 3.05) is 19.6 Å². The third kappa shape index (κ3) is 3.04. The Hall–Kier alpha value is -1.35. The van der Waals surface area contributed by atoms with Crippen LogP contribution in [-0.4, -0.2) is 30.4 Å². The Bertz CT molecular complexity index is 476. The molecule has 2 aliphatic heterocycles. The maximum atomic E-state index is 12.5. The minimum Gasteiger partial charge on any atom is -0.342 e. The van der Waals surface area contributed by atoms with Gasteiger partial charge in [-0.3, -0.25) is 4.79 Å². The van der Waals surface area contributed by atoms with Gasteiger partial charge in [-0.2, -0.15) is 0 Å². The van der Waals surface area contributed by atoms with E-state index in [0.717, 1.165) is 32.6 Å². The molecule has 0 atom stereocenters. The van der Waals surface area contributed by atoms with Crippen LogP contribution in [-0.2, 0) is 24.2 Å². The molecule has 0 aliphatic carbocycles. The van der Waals surface area contributed by atoms with Gasteiger partial charge in [0.2, 0.25) is 5.91 Å². The van der Waals surface area contributed by atoms with Gasteiger partial charge in [0.25, 0.3) is 0 Å². The maximum Gasteiger partial charge on any atom is 0.227 e. The van der Waals surface area contributed by atoms with Crippen LogP contribution in [0.15, 0.2) is 18.2 Å². The van der Waals surface area contributed by atoms with Crippen molar-refractivity contribution in [3.63, 3.8) is 0 Å². The monoisotopic (exact) mass is 272 g/mol. The number of nitrogens with zero attached hydrogens (tertiary/aromatic N) is 1. The first-order valence-electron chi connectivity index (χ1n) is 7.93. The van der Waals surface area contributed by atoms with Crippen LogP contribution in [0.25, 0.3) is 0 Å². The van der Waals surface area contributed by atoms with Gasteiger partial charge in [-0.15, -0.1) is 0 Å². The van der Waals surface area contributed by atoms with Crippen LogP contribution in [0, 0.1) is 0 Å². The summed E-state index contributed by atoms with van der Waals surface area (Å²) in [5.41, 5.74) is 4.01. The van der Waals surface area contributed by atoms with E-state index < -0.39 is 0 Å². The third-order valence-corrected chi connectivity index (χ3v) is 4.54. The maximum absolute atomic E-state index is 12.5. The molecular weight excluding hydrogens is 248 g/mol. The topological polar surface area (TPSA) is 32.3 Å². The van der Waals surface area contributed by atoms with Gasteiger partial charge in [0.1, 0.15) is 0 Å². The minimum atomic E-state index is 0.311. The summed E-state index contributed by atoms with van der Waals surface area (Å²) < 4.78 is 0. The summed E-state index contributed by atoms with van der Waals surface area (Å²) in [5, 5.41) is 3.42. The number of rotatable bonds is 2. The lowest BCUT2D eigenvalue weighted by Gasteiger charge is -2.23. The van der Waals surface area contributed by atoms with E-state index in [4.69, 9.17) is 0 Å². The van der Waals surface area contributed by atoms with Crippen molar-refractivity contribution in [2.45, 2.75) is 45.1 Å². The molecule has 1 aromatic carbocycles. The fourth-order valence-corrected chi connectivity index (χ4v) is 3.35. The molecule has 1 saturated heterocycles. The third-order valence-electron chi connectivity index (χ3n) is 4.54. The Morgan fingerprint density at radius 1 is 1.15 bits per heavy atom. The number of hydrogen-bond acceptors (Lipinski definition) is 2. The molecule has 2 aliphatic rings. The van der Waals surface area contributed by atoms with E-state index in [1.54, 1.807) is 0 Å². The van der Waals surface area contributed by atoms with Crippen LogP contribution in [0.5, 0.6) is 0 Å². The second-order valence-electron chi connectivity index (χ2n) is 5.95. The number of hydrogen-bond donors (Lipinski definition) is 1. The van der Waals surface area contributed by atoms with Crippen molar-refractivity contribution >= 4 is 5.91 Å². The summed E-state index contributed by atoms with van der Waals surface area (Å²) in [5.74, 6) is 0.311. The van der Waals surface area contributed by atoms with Crippen molar-refractivity contribution in [3.8, 4) is 0 Å². The first kappa shape index (κ1) is 13.6. The number of nitrogens with one attached hydrogen (secondary N) is 1. The molecule has 1 N–H and O–H groups in total. The van der Waals surface area contributed by atoms with E-state index in [1.807, 2.05) is 0 Å². The molecule has 0 spiro atoms. The number of likely N-dealkylation sites (tertiary alicyclic amines) is 1. The van der Waals surface area contributed by atoms with Gasteiger partial charge in [0, 0.05) is 19.6 Å². The van der Waals surface area contributed by atoms with Crippen molar-refractivity contribution in [1.82, 2.24) is 10.2 Å². The number of fused-ring (bicyclic) bond motifs is 1. The van der Waals surface area contributed by atoms with Crippen LogP contribution in [0.1, 0.15) is 42.4 Å². The summed E-state index contributed by atoms with van der Waals surface area (Å²) >= 11 is 0. The van der Waals surface area contributed by atoms with E-state index in [2.05, 4.69) is 28.4 Å². The highest BCUT2D eigenvalue weighted by Gasteiger charge is 2.19. The van der Waals surface area contributed by atoms with Crippen LogP contribution in [0.3, 0.4) is 0 Å². The summed E-state index contributed by atoms with van der Waals surface area (Å²) in [4.78, 5) is 14.6. The first-order valence-corrected chi connectivity index (χ1v) is 7.93. The van der Waals surface area contributed by atoms with Gasteiger partial charge < -0.3 is 10.2 Å². The number of benzene rings is 1. The van der Waals surface area contributed by atoms with Gasteiger partial charge in [0.15, 0.2) is 0 Å². The lowest BCUT2D eigenvalue weighted by Crippen LogP contribution is -2.34. The Labute approximate surface area is 121 Å². The SMILES string of the molecule is O=C(Cc1cccc2c1CNCC2)N1CCCCCC1. The Balaban J connectivity index is 1.72. The van der Waals surface area contributed by atoms with Crippen molar-refractivity contribution in [2.24, 2.45) is 0 Å². The Kier molecular flexibility index (Phi) is 4.36. The van der Waals surface area contributed by atoms with Crippen LogP contribution >= 0.6 is 0 Å². The normalized spacial score (nSPS) is 19.3. The van der Waals surface area contributed by atoms with Crippen molar-refractivity contribution in [1.29, 1.82) is 0 Å². The highest BCUT2D eigenvalue weighted by Crippen LogP contribution is 2.20. The molecule has 2 heterocycles. The van der Waals surface area contributed by atoms with E-state index in [1.165, 1.54) is 42.4 Å². The highest BCUT2D eigenvalue weighted by atomic mass is 16.2. The molecule has 3 rings (SSSR count). The Morgan fingerprint density at radius 3 is 2.75 bits per heavy atom. The molecule has 1 fully saturated rings. The zero-order chi connectivity index (χ0) is 13.8. The number of carbonyl (C=O) groups excluding carboxylic acids is 1. The molecule has 0 unspecified atom stereocenters. The Morgan fingerprint density at radius 2 is 1.95 bits per heavy atom. The zero-order valence-corrected chi connectivity index (χ0v) is 12.2. The molecular formula is C17H24N2O. The van der Waals surface area contributed by atoms with Crippen LogP contribution < -0.4 is 5.32 Å². The van der Waals surface area contributed by atoms with Gasteiger partial charge in [0.05, 0.1) is 6.42 Å². The van der Waals surface area contributed by atoms with E-state index >= 15 is 0 Å². The second-order valence-corrected chi connectivity index (χ2v) is 5.95. The molecule has 3 heteroatoms. The van der Waals surface area contributed by atoms with Gasteiger partial charge in [-0.1, -0.05) is 31.0 Å². The largest absolute Gasteiger partial charge is 0.342 e. The van der Waals surface area contributed by atoms with Crippen LogP contribution in [0.4, 0.5) is 0 Å². The molecule has 1 amide bonds. The van der Waals surface area contributed by atoms with E-state index in [-0.39, 0.29) is 0 Å². The molecule has 0 saturated carbocycles. The predicted molar refractivity (Wildman–Crippen MR) is 80.6 cm³/mol. The van der Waals surface area contributed by atoms with Gasteiger partial charge >= 0.3 is 0 Å². The van der Waals surface area contributed by atoms with E-state index in [9.17, 15) is 4.79 Å². The second kappa shape index (κ2) is 6.40. The predicted octanol–water partition coefficient (Wildman–Crippen LogP) is 2.28. The molecule has 0 bridgehead atoms. The van der Waals surface area contributed by atoms with Gasteiger partial charge in [-0.25, -0.2) is 0 Å². The average molecular weight is 272 g/mol. The summed E-state index contributed by atoms with van der Waals surface area (Å²) in [7, 11) is 0. The molecule has 108 valence electrons. The standard InChI is InChI=1S/C17H24N2O/c20-17(19-10-3-1-2-4-11-19)12-15-7-5-6-14-8-9-18-13-16(14)15/h5-7,18H,1-4,8-13H2. The van der Waals surface area contributed by atoms with Crippen molar-refractivity contribution in [3.05, 3.63) is 34.9 Å². The first-order chi connectivity index (χ1) is 9.84. The molecule has 3 nitrogen and oxygen atoms in total. The summed E-state index contributed by atoms with van der Waals surface area (Å²) in [6.07, 6.45) is 6.54. The molecule has 0 aromatic heterocycles. The molecule has 1 aromatic rings. The fraction of sp³-hybridized carbons (Fsp3) is 0.588. The lowest BCUT2D eigenvalue weighted by molar-refractivity contribution is -0.130. The number of amides is 1. The number of carbonyl (C=O) groups is 1. The average Bonchev–Trinajstić information content (AvgIpc) is 2.77. The van der Waals surface area contributed by atoms with Gasteiger partial charge in [-0.05, 0) is 42.5 Å². The summed E-state index contributed by atoms with van der Waals surface area (Å²) in [6, 6.07) is 6.44. The lowest BCUT2D eigenvalue weighted by atomic mass is 9.94. The summed E-state index contributed by atoms with van der Waals surface area (Å²) in [6.45, 7) is 3.87. The van der Waals surface area contributed by atoms with Crippen molar-refractivity contribution < 1.29 is 4.79 Å². The highest BCUT2D eigenvalue weighted by molar-refractivity contribution is 5.79. The van der Waals surface area contributed by atoms with E-state index in [0.29, 0.717) is 12.3 Å². The van der Waals surface area contributed by atoms with Crippen LogP contribution in [0.2, 0.25) is 0 Å². The molecule has 0 radical (unpaired) electrons. The quantitative estimate of drug-likeness (QED) is 0.896. The fourth-order valence-electron chi connectivity index (χ4n) is 3.35.